The van der Waals surface area contributed by atoms with Crippen LogP contribution in [0.25, 0.3) is 0 Å². The molecule has 0 saturated carbocycles. The van der Waals surface area contributed by atoms with E-state index in [2.05, 4.69) is 55.7 Å². The third-order valence-corrected chi connectivity index (χ3v) is 5.30. The Hall–Kier alpha value is -1.06. The molecule has 1 rings (SSSR count). The van der Waals surface area contributed by atoms with E-state index in [4.69, 9.17) is 0 Å². The van der Waals surface area contributed by atoms with Gasteiger partial charge in [-0.1, -0.05) is 71.6 Å². The average Bonchev–Trinajstić information content (AvgIpc) is 2.68. The lowest BCUT2D eigenvalue weighted by molar-refractivity contribution is 0.246. The quantitative estimate of drug-likeness (QED) is 0.372. The summed E-state index contributed by atoms with van der Waals surface area (Å²) in [6.45, 7) is 15.2. The van der Waals surface area contributed by atoms with Crippen molar-refractivity contribution in [3.8, 4) is 5.75 Å². The van der Waals surface area contributed by atoms with Crippen molar-refractivity contribution in [2.75, 3.05) is 26.2 Å². The fourth-order valence-electron chi connectivity index (χ4n) is 3.45. The first-order valence-electron chi connectivity index (χ1n) is 11.4. The number of rotatable bonds is 16. The van der Waals surface area contributed by atoms with E-state index in [0.29, 0.717) is 5.75 Å². The third kappa shape index (κ3) is 9.62. The molecule has 156 valence electrons. The van der Waals surface area contributed by atoms with E-state index in [1.807, 2.05) is 0 Å². The fourth-order valence-corrected chi connectivity index (χ4v) is 3.45. The molecule has 0 aliphatic carbocycles. The first-order valence-corrected chi connectivity index (χ1v) is 11.4. The number of para-hydroxylation sites is 1. The second-order valence-electron chi connectivity index (χ2n) is 7.89. The Kier molecular flexibility index (Phi) is 13.3. The molecule has 27 heavy (non-hydrogen) atoms. The second kappa shape index (κ2) is 14.9. The van der Waals surface area contributed by atoms with Crippen LogP contribution in [-0.2, 0) is 13.1 Å². The molecule has 1 N–H and O–H groups in total. The summed E-state index contributed by atoms with van der Waals surface area (Å²) in [5.41, 5.74) is 2.18. The minimum absolute atomic E-state index is 0.522. The number of unbranched alkanes of at least 4 members (excludes halogenated alkanes) is 4. The number of hydrogen-bond acceptors (Lipinski definition) is 3. The summed E-state index contributed by atoms with van der Waals surface area (Å²) in [7, 11) is 0. The summed E-state index contributed by atoms with van der Waals surface area (Å²) >= 11 is 0. The smallest absolute Gasteiger partial charge is 0.124 e. The maximum absolute atomic E-state index is 10.9. The second-order valence-corrected chi connectivity index (χ2v) is 7.89. The van der Waals surface area contributed by atoms with Crippen LogP contribution in [0.15, 0.2) is 18.2 Å². The third-order valence-electron chi connectivity index (χ3n) is 5.30. The van der Waals surface area contributed by atoms with Crippen LogP contribution in [0, 0.1) is 0 Å². The molecule has 0 bridgehead atoms. The summed E-state index contributed by atoms with van der Waals surface area (Å²) in [6.07, 6.45) is 9.80. The van der Waals surface area contributed by atoms with Crippen molar-refractivity contribution in [3.63, 3.8) is 0 Å². The minimum atomic E-state index is 0.522. The van der Waals surface area contributed by atoms with Gasteiger partial charge in [0.2, 0.25) is 0 Å². The van der Waals surface area contributed by atoms with E-state index in [0.717, 1.165) is 50.4 Å². The van der Waals surface area contributed by atoms with Crippen LogP contribution >= 0.6 is 0 Å². The van der Waals surface area contributed by atoms with Gasteiger partial charge in [0.25, 0.3) is 0 Å². The van der Waals surface area contributed by atoms with Crippen molar-refractivity contribution in [2.45, 2.75) is 92.2 Å². The Morgan fingerprint density at radius 1 is 0.630 bits per heavy atom. The van der Waals surface area contributed by atoms with E-state index < -0.39 is 0 Å². The van der Waals surface area contributed by atoms with Gasteiger partial charge < -0.3 is 5.11 Å². The van der Waals surface area contributed by atoms with E-state index in [9.17, 15) is 5.11 Å². The lowest BCUT2D eigenvalue weighted by Gasteiger charge is -2.25. The zero-order chi connectivity index (χ0) is 19.9. The highest BCUT2D eigenvalue weighted by molar-refractivity contribution is 5.40. The lowest BCUT2D eigenvalue weighted by Crippen LogP contribution is -2.27. The van der Waals surface area contributed by atoms with Crippen molar-refractivity contribution >= 4 is 0 Å². The Bertz CT molecular complexity index is 433. The fraction of sp³-hybridized carbons (Fsp3) is 0.750. The van der Waals surface area contributed by atoms with Gasteiger partial charge in [-0.05, 0) is 51.9 Å². The molecule has 0 aliphatic heterocycles. The van der Waals surface area contributed by atoms with Gasteiger partial charge >= 0.3 is 0 Å². The van der Waals surface area contributed by atoms with Crippen LogP contribution in [0.3, 0.4) is 0 Å². The molecular weight excluding hydrogens is 332 g/mol. The van der Waals surface area contributed by atoms with Gasteiger partial charge in [-0.3, -0.25) is 9.80 Å². The van der Waals surface area contributed by atoms with Gasteiger partial charge in [-0.2, -0.15) is 0 Å². The van der Waals surface area contributed by atoms with Gasteiger partial charge in [0.15, 0.2) is 0 Å². The number of hydrogen-bond donors (Lipinski definition) is 1. The topological polar surface area (TPSA) is 26.7 Å². The summed E-state index contributed by atoms with van der Waals surface area (Å²) in [6, 6.07) is 6.33. The number of nitrogens with zero attached hydrogens (tertiary/aromatic N) is 2. The number of aromatic hydroxyl groups is 1. The van der Waals surface area contributed by atoms with Crippen LogP contribution in [0.1, 0.15) is 90.2 Å². The van der Waals surface area contributed by atoms with Crippen LogP contribution < -0.4 is 0 Å². The molecule has 0 aromatic heterocycles. The maximum atomic E-state index is 10.9. The monoisotopic (exact) mass is 376 g/mol. The van der Waals surface area contributed by atoms with E-state index in [-0.39, 0.29) is 0 Å². The van der Waals surface area contributed by atoms with Crippen molar-refractivity contribution in [1.82, 2.24) is 9.80 Å². The molecule has 3 nitrogen and oxygen atoms in total. The Labute approximate surface area is 168 Å². The van der Waals surface area contributed by atoms with Crippen molar-refractivity contribution in [3.05, 3.63) is 29.3 Å². The molecule has 0 unspecified atom stereocenters. The van der Waals surface area contributed by atoms with Crippen LogP contribution in [0.2, 0.25) is 0 Å². The molecule has 0 radical (unpaired) electrons. The van der Waals surface area contributed by atoms with Crippen LogP contribution in [0.5, 0.6) is 5.75 Å². The van der Waals surface area contributed by atoms with Gasteiger partial charge in [-0.25, -0.2) is 0 Å². The van der Waals surface area contributed by atoms with E-state index >= 15 is 0 Å². The number of phenolic OH excluding ortho intramolecular Hbond substituents is 1. The van der Waals surface area contributed by atoms with Crippen molar-refractivity contribution in [2.24, 2.45) is 0 Å². The van der Waals surface area contributed by atoms with E-state index in [1.165, 1.54) is 51.4 Å². The molecular formula is C24H44N2O. The summed E-state index contributed by atoms with van der Waals surface area (Å²) in [5, 5.41) is 10.9. The van der Waals surface area contributed by atoms with Gasteiger partial charge in [-0.15, -0.1) is 0 Å². The molecule has 0 aliphatic rings. The minimum Gasteiger partial charge on any atom is -0.507 e. The van der Waals surface area contributed by atoms with E-state index in [1.54, 1.807) is 0 Å². The van der Waals surface area contributed by atoms with Crippen molar-refractivity contribution in [1.29, 1.82) is 0 Å². The SMILES string of the molecule is CCCCN(CCCC)Cc1cccc(CN(CCCC)CCCC)c1O. The zero-order valence-corrected chi connectivity index (χ0v) is 18.5. The number of benzene rings is 1. The lowest BCUT2D eigenvalue weighted by atomic mass is 10.1. The largest absolute Gasteiger partial charge is 0.507 e. The normalized spacial score (nSPS) is 11.6. The molecule has 0 fully saturated rings. The molecule has 0 saturated heterocycles. The summed E-state index contributed by atoms with van der Waals surface area (Å²) in [4.78, 5) is 5.02. The molecule has 1 aromatic rings. The maximum Gasteiger partial charge on any atom is 0.124 e. The Balaban J connectivity index is 2.82. The highest BCUT2D eigenvalue weighted by atomic mass is 16.3. The predicted octanol–water partition coefficient (Wildman–Crippen LogP) is 6.20. The molecule has 1 aromatic carbocycles. The highest BCUT2D eigenvalue weighted by Crippen LogP contribution is 2.26. The van der Waals surface area contributed by atoms with Crippen LogP contribution in [-0.4, -0.2) is 41.1 Å². The first kappa shape index (κ1) is 24.0. The summed E-state index contributed by atoms with van der Waals surface area (Å²) < 4.78 is 0. The molecule has 3 heteroatoms. The molecule has 0 amide bonds. The summed E-state index contributed by atoms with van der Waals surface area (Å²) in [5.74, 6) is 0.522. The van der Waals surface area contributed by atoms with Gasteiger partial charge in [0, 0.05) is 24.2 Å². The predicted molar refractivity (Wildman–Crippen MR) is 118 cm³/mol. The highest BCUT2D eigenvalue weighted by Gasteiger charge is 2.14. The molecule has 0 spiro atoms. The standard InChI is InChI=1S/C24H44N2O/c1-5-9-16-25(17-10-6-2)20-22-14-13-15-23(24(22)27)21-26(18-11-7-3)19-12-8-4/h13-15,27H,5-12,16-21H2,1-4H3. The molecule has 0 heterocycles. The number of phenols is 1. The zero-order valence-electron chi connectivity index (χ0n) is 18.5. The van der Waals surface area contributed by atoms with Gasteiger partial charge in [0.05, 0.1) is 0 Å². The van der Waals surface area contributed by atoms with Crippen molar-refractivity contribution < 1.29 is 5.11 Å². The first-order chi connectivity index (χ1) is 13.2. The Morgan fingerprint density at radius 2 is 0.963 bits per heavy atom. The average molecular weight is 377 g/mol. The molecule has 0 atom stereocenters. The van der Waals surface area contributed by atoms with Crippen LogP contribution in [0.4, 0.5) is 0 Å². The Morgan fingerprint density at radius 3 is 1.26 bits per heavy atom. The van der Waals surface area contributed by atoms with Gasteiger partial charge in [0.1, 0.15) is 5.75 Å².